The molecule has 1 aliphatic rings. The molecular weight excluding hydrogens is 378 g/mol. The van der Waals surface area contributed by atoms with Crippen LogP contribution in [0.25, 0.3) is 16.9 Å². The van der Waals surface area contributed by atoms with Gasteiger partial charge in [-0.15, -0.1) is 0 Å². The largest absolute Gasteiger partial charge is 0.348 e. The maximum atomic E-state index is 12.0. The summed E-state index contributed by atoms with van der Waals surface area (Å²) in [5.41, 5.74) is 6.56. The van der Waals surface area contributed by atoms with Gasteiger partial charge in [0.15, 0.2) is 5.65 Å². The van der Waals surface area contributed by atoms with Crippen molar-refractivity contribution in [3.05, 3.63) is 35.4 Å². The number of carbonyl (C=O) groups is 1. The molecule has 3 aromatic rings. The van der Waals surface area contributed by atoms with Gasteiger partial charge in [0.25, 0.3) is 0 Å². The molecule has 0 aromatic carbocycles. The van der Waals surface area contributed by atoms with Gasteiger partial charge >= 0.3 is 0 Å². The van der Waals surface area contributed by atoms with Crippen LogP contribution in [0.3, 0.4) is 0 Å². The van der Waals surface area contributed by atoms with Crippen molar-refractivity contribution in [1.29, 1.82) is 0 Å². The second-order valence-corrected chi connectivity index (χ2v) is 8.83. The molecule has 0 spiro atoms. The van der Waals surface area contributed by atoms with Crippen molar-refractivity contribution in [1.82, 2.24) is 34.6 Å². The van der Waals surface area contributed by atoms with Crippen molar-refractivity contribution in [2.75, 3.05) is 33.7 Å². The highest BCUT2D eigenvalue weighted by atomic mass is 16.2. The first-order valence-electron chi connectivity index (χ1n) is 10.7. The highest BCUT2D eigenvalue weighted by Gasteiger charge is 2.28. The Morgan fingerprint density at radius 3 is 2.70 bits per heavy atom. The topological polar surface area (TPSA) is 82.4 Å². The van der Waals surface area contributed by atoms with Crippen molar-refractivity contribution in [2.24, 2.45) is 0 Å². The fourth-order valence-electron chi connectivity index (χ4n) is 4.42. The number of H-pyrrole nitrogens is 1. The number of fused-ring (bicyclic) bond motifs is 1. The SMILES string of the molecule is Cc1cc(-c2n[nH]c(C3CCN(CC(=O)N(C)C)CC3)c2C(C)C)cn2ncnc12. The van der Waals surface area contributed by atoms with E-state index in [1.54, 1.807) is 11.2 Å². The Morgan fingerprint density at radius 1 is 1.30 bits per heavy atom. The zero-order valence-electron chi connectivity index (χ0n) is 18.5. The van der Waals surface area contributed by atoms with Crippen LogP contribution in [0.5, 0.6) is 0 Å². The van der Waals surface area contributed by atoms with E-state index in [9.17, 15) is 4.79 Å². The van der Waals surface area contributed by atoms with Crippen LogP contribution in [-0.4, -0.2) is 74.2 Å². The first kappa shape index (κ1) is 20.5. The number of nitrogens with zero attached hydrogens (tertiary/aromatic N) is 6. The first-order chi connectivity index (χ1) is 14.3. The zero-order valence-corrected chi connectivity index (χ0v) is 18.5. The van der Waals surface area contributed by atoms with Gasteiger partial charge < -0.3 is 4.90 Å². The fourth-order valence-corrected chi connectivity index (χ4v) is 4.42. The van der Waals surface area contributed by atoms with Gasteiger partial charge in [-0.2, -0.15) is 10.2 Å². The van der Waals surface area contributed by atoms with Crippen molar-refractivity contribution in [2.45, 2.75) is 45.4 Å². The van der Waals surface area contributed by atoms with Crippen LogP contribution >= 0.6 is 0 Å². The van der Waals surface area contributed by atoms with Gasteiger partial charge in [0.1, 0.15) is 6.33 Å². The summed E-state index contributed by atoms with van der Waals surface area (Å²) < 4.78 is 1.82. The Hall–Kier alpha value is -2.74. The van der Waals surface area contributed by atoms with E-state index in [0.29, 0.717) is 18.4 Å². The zero-order chi connectivity index (χ0) is 21.4. The van der Waals surface area contributed by atoms with Crippen LogP contribution in [0.1, 0.15) is 55.3 Å². The Balaban J connectivity index is 1.58. The predicted molar refractivity (Wildman–Crippen MR) is 117 cm³/mol. The highest BCUT2D eigenvalue weighted by Crippen LogP contribution is 2.37. The second-order valence-electron chi connectivity index (χ2n) is 8.83. The highest BCUT2D eigenvalue weighted by molar-refractivity contribution is 5.77. The smallest absolute Gasteiger partial charge is 0.236 e. The molecule has 0 unspecified atom stereocenters. The van der Waals surface area contributed by atoms with E-state index in [0.717, 1.165) is 48.4 Å². The summed E-state index contributed by atoms with van der Waals surface area (Å²) in [6.45, 7) is 8.87. The molecule has 0 atom stereocenters. The van der Waals surface area contributed by atoms with Gasteiger partial charge in [-0.05, 0) is 50.4 Å². The number of hydrogen-bond acceptors (Lipinski definition) is 5. The normalized spacial score (nSPS) is 15.9. The Bertz CT molecular complexity index is 1040. The minimum absolute atomic E-state index is 0.166. The molecule has 0 bridgehead atoms. The molecule has 0 radical (unpaired) electrons. The number of aromatic amines is 1. The quantitative estimate of drug-likeness (QED) is 0.701. The summed E-state index contributed by atoms with van der Waals surface area (Å²) in [7, 11) is 3.63. The molecule has 8 nitrogen and oxygen atoms in total. The molecule has 8 heteroatoms. The lowest BCUT2D eigenvalue weighted by molar-refractivity contribution is -0.130. The number of nitrogens with one attached hydrogen (secondary N) is 1. The molecule has 0 saturated carbocycles. The molecule has 30 heavy (non-hydrogen) atoms. The van der Waals surface area contributed by atoms with E-state index in [1.165, 1.54) is 11.3 Å². The maximum absolute atomic E-state index is 12.0. The monoisotopic (exact) mass is 409 g/mol. The van der Waals surface area contributed by atoms with Crippen LogP contribution in [0.2, 0.25) is 0 Å². The Morgan fingerprint density at radius 2 is 2.03 bits per heavy atom. The number of piperidine rings is 1. The van der Waals surface area contributed by atoms with Gasteiger partial charge in [-0.3, -0.25) is 14.8 Å². The number of carbonyl (C=O) groups excluding carboxylic acids is 1. The van der Waals surface area contributed by atoms with Gasteiger partial charge in [0.05, 0.1) is 12.2 Å². The molecule has 4 heterocycles. The average Bonchev–Trinajstić information content (AvgIpc) is 3.35. The summed E-state index contributed by atoms with van der Waals surface area (Å²) in [6, 6.07) is 2.14. The standard InChI is InChI=1S/C22H31N7O/c1-14(2)19-20(16-6-8-28(9-7-16)12-18(30)27(4)5)25-26-21(19)17-10-15(3)22-23-13-24-29(22)11-17/h10-11,13-14,16H,6-9,12H2,1-5H3,(H,25,26). The lowest BCUT2D eigenvalue weighted by Crippen LogP contribution is -2.40. The number of likely N-dealkylation sites (N-methyl/N-ethyl adjacent to an activating group) is 1. The summed E-state index contributed by atoms with van der Waals surface area (Å²) >= 11 is 0. The number of hydrogen-bond donors (Lipinski definition) is 1. The lowest BCUT2D eigenvalue weighted by atomic mass is 9.86. The molecule has 1 aliphatic heterocycles. The number of aromatic nitrogens is 5. The summed E-state index contributed by atoms with van der Waals surface area (Å²) in [5.74, 6) is 0.957. The fraction of sp³-hybridized carbons (Fsp3) is 0.545. The van der Waals surface area contributed by atoms with E-state index in [-0.39, 0.29) is 5.91 Å². The van der Waals surface area contributed by atoms with Crippen molar-refractivity contribution >= 4 is 11.6 Å². The Kier molecular flexibility index (Phi) is 5.60. The van der Waals surface area contributed by atoms with Crippen molar-refractivity contribution in [3.8, 4) is 11.3 Å². The van der Waals surface area contributed by atoms with Gasteiger partial charge in [-0.1, -0.05) is 13.8 Å². The third-order valence-electron chi connectivity index (χ3n) is 6.10. The minimum atomic E-state index is 0.166. The molecule has 1 N–H and O–H groups in total. The third-order valence-corrected chi connectivity index (χ3v) is 6.10. The summed E-state index contributed by atoms with van der Waals surface area (Å²) in [4.78, 5) is 20.3. The molecular formula is C22H31N7O. The van der Waals surface area contributed by atoms with Crippen LogP contribution in [-0.2, 0) is 4.79 Å². The average molecular weight is 410 g/mol. The Labute approximate surface area is 177 Å². The van der Waals surface area contributed by atoms with Crippen LogP contribution < -0.4 is 0 Å². The van der Waals surface area contributed by atoms with Crippen molar-refractivity contribution in [3.63, 3.8) is 0 Å². The number of rotatable bonds is 5. The van der Waals surface area contributed by atoms with E-state index < -0.39 is 0 Å². The molecule has 1 fully saturated rings. The molecule has 1 amide bonds. The summed E-state index contributed by atoms with van der Waals surface area (Å²) in [6.07, 6.45) is 5.66. The van der Waals surface area contributed by atoms with Gasteiger partial charge in [-0.25, -0.2) is 9.50 Å². The minimum Gasteiger partial charge on any atom is -0.348 e. The number of amides is 1. The van der Waals surface area contributed by atoms with Crippen LogP contribution in [0.15, 0.2) is 18.6 Å². The number of aryl methyl sites for hydroxylation is 1. The van der Waals surface area contributed by atoms with E-state index in [2.05, 4.69) is 46.9 Å². The molecule has 0 aliphatic carbocycles. The van der Waals surface area contributed by atoms with Gasteiger partial charge in [0.2, 0.25) is 5.91 Å². The number of pyridine rings is 1. The van der Waals surface area contributed by atoms with Crippen molar-refractivity contribution < 1.29 is 4.79 Å². The lowest BCUT2D eigenvalue weighted by Gasteiger charge is -2.32. The van der Waals surface area contributed by atoms with E-state index in [4.69, 9.17) is 5.10 Å². The second kappa shape index (κ2) is 8.18. The molecule has 3 aromatic heterocycles. The predicted octanol–water partition coefficient (Wildman–Crippen LogP) is 2.82. The molecule has 4 rings (SSSR count). The molecule has 160 valence electrons. The van der Waals surface area contributed by atoms with Crippen LogP contribution in [0, 0.1) is 6.92 Å². The van der Waals surface area contributed by atoms with Gasteiger partial charge in [0, 0.05) is 43.0 Å². The maximum Gasteiger partial charge on any atom is 0.236 e. The summed E-state index contributed by atoms with van der Waals surface area (Å²) in [5, 5.41) is 12.4. The molecule has 1 saturated heterocycles. The number of likely N-dealkylation sites (tertiary alicyclic amines) is 1. The first-order valence-corrected chi connectivity index (χ1v) is 10.7. The third kappa shape index (κ3) is 3.84. The van der Waals surface area contributed by atoms with Crippen LogP contribution in [0.4, 0.5) is 0 Å². The van der Waals surface area contributed by atoms with E-state index in [1.807, 2.05) is 24.8 Å². The van der Waals surface area contributed by atoms with E-state index >= 15 is 0 Å².